The number of fused-ring (bicyclic) bond motifs is 1. The zero-order valence-corrected chi connectivity index (χ0v) is 30.4. The molecule has 1 aliphatic carbocycles. The number of nitrogens with one attached hydrogen (secondary N) is 4. The van der Waals surface area contributed by atoms with Crippen LogP contribution in [0.3, 0.4) is 0 Å². The van der Waals surface area contributed by atoms with Crippen molar-refractivity contribution < 1.29 is 19.5 Å². The number of carbonyl (C=O) groups excluding carboxylic acids is 1. The summed E-state index contributed by atoms with van der Waals surface area (Å²) >= 11 is 1.19. The first-order valence-corrected chi connectivity index (χ1v) is 18.9. The van der Waals surface area contributed by atoms with Crippen LogP contribution in [0.15, 0.2) is 77.0 Å². The van der Waals surface area contributed by atoms with Crippen molar-refractivity contribution >= 4 is 46.0 Å². The van der Waals surface area contributed by atoms with Crippen molar-refractivity contribution in [2.45, 2.75) is 50.8 Å². The molecule has 4 aromatic rings. The van der Waals surface area contributed by atoms with Gasteiger partial charge in [0.05, 0.1) is 23.1 Å². The first kappa shape index (κ1) is 35.2. The highest BCUT2D eigenvalue weighted by Gasteiger charge is 2.24. The smallest absolute Gasteiger partial charge is 0.265 e. The van der Waals surface area contributed by atoms with E-state index in [4.69, 9.17) is 9.47 Å². The van der Waals surface area contributed by atoms with E-state index >= 15 is 0 Å². The number of benzene rings is 2. The van der Waals surface area contributed by atoms with Crippen LogP contribution in [-0.4, -0.2) is 78.5 Å². The van der Waals surface area contributed by atoms with Crippen molar-refractivity contribution in [2.24, 2.45) is 11.8 Å². The third kappa shape index (κ3) is 8.81. The zero-order chi connectivity index (χ0) is 35.2. The molecule has 0 spiro atoms. The average Bonchev–Trinajstić information content (AvgIpc) is 3.63. The van der Waals surface area contributed by atoms with Gasteiger partial charge in [0.25, 0.3) is 5.91 Å². The summed E-state index contributed by atoms with van der Waals surface area (Å²) in [4.78, 5) is 27.1. The van der Waals surface area contributed by atoms with E-state index in [1.165, 1.54) is 31.2 Å². The lowest BCUT2D eigenvalue weighted by molar-refractivity contribution is 0.0699. The van der Waals surface area contributed by atoms with Crippen molar-refractivity contribution in [1.82, 2.24) is 19.6 Å². The molecule has 2 aromatic heterocycles. The second kappa shape index (κ2) is 16.4. The topological polar surface area (TPSA) is 127 Å². The standard InChI is InChI=1S/C39H49N7O4S/c1-26-3-4-29(19-27(26)2)25-45-13-15-46(16-14-45)31-5-7-34(37(21-31)50-32-20-30-9-12-40-38(30)42-24-32)39(47)44-51-33-6-8-35(36(22-33)43-48)41-23-28-10-17-49-18-11-28/h5-9,12,20-22,24,28-29,41,43,48H,3-4,10-11,13-19,23,25H2,1-2H3,(H,40,42)(H,44,47). The first-order chi connectivity index (χ1) is 24.9. The zero-order valence-electron chi connectivity index (χ0n) is 29.5. The molecule has 12 heteroatoms. The van der Waals surface area contributed by atoms with Gasteiger partial charge in [-0.05, 0) is 112 Å². The highest BCUT2D eigenvalue weighted by Crippen LogP contribution is 2.34. The SMILES string of the molecule is CC1=C(C)CC(CN2CCN(c3ccc(C(=O)NSc4ccc(NCC5CCOCC5)c(NO)c4)c(Oc4cnc5[nH]ccc5c4)c3)CC2)CC1. The number of rotatable bonds is 12. The number of piperazine rings is 1. The van der Waals surface area contributed by atoms with Crippen molar-refractivity contribution in [3.63, 3.8) is 0 Å². The Labute approximate surface area is 304 Å². The summed E-state index contributed by atoms with van der Waals surface area (Å²) in [5.74, 6) is 2.01. The quantitative estimate of drug-likeness (QED) is 0.0567. The monoisotopic (exact) mass is 711 g/mol. The summed E-state index contributed by atoms with van der Waals surface area (Å²) in [5, 5.41) is 14.2. The second-order valence-corrected chi connectivity index (χ2v) is 15.0. The maximum atomic E-state index is 13.7. The third-order valence-corrected chi connectivity index (χ3v) is 11.4. The fraction of sp³-hybridized carbons (Fsp3) is 0.436. The number of amides is 1. The van der Waals surface area contributed by atoms with Crippen molar-refractivity contribution in [1.29, 1.82) is 0 Å². The molecule has 5 N–H and O–H groups in total. The Morgan fingerprint density at radius 1 is 1.00 bits per heavy atom. The van der Waals surface area contributed by atoms with Gasteiger partial charge in [-0.3, -0.25) is 25.1 Å². The van der Waals surface area contributed by atoms with Gasteiger partial charge in [0.2, 0.25) is 0 Å². The molecule has 7 rings (SSSR count). The van der Waals surface area contributed by atoms with Crippen LogP contribution in [0.2, 0.25) is 0 Å². The van der Waals surface area contributed by atoms with Crippen LogP contribution >= 0.6 is 11.9 Å². The van der Waals surface area contributed by atoms with Gasteiger partial charge in [-0.15, -0.1) is 0 Å². The number of pyridine rings is 1. The number of carbonyl (C=O) groups is 1. The molecule has 1 atom stereocenters. The van der Waals surface area contributed by atoms with Crippen LogP contribution in [0.1, 0.15) is 56.3 Å². The Bertz CT molecular complexity index is 1850. The van der Waals surface area contributed by atoms with Crippen molar-refractivity contribution in [3.8, 4) is 11.5 Å². The lowest BCUT2D eigenvalue weighted by Crippen LogP contribution is -2.48. The number of hydrogen-bond donors (Lipinski definition) is 5. The number of allylic oxidation sites excluding steroid dienone is 2. The lowest BCUT2D eigenvalue weighted by Gasteiger charge is -2.38. The molecule has 2 aliphatic heterocycles. The van der Waals surface area contributed by atoms with E-state index in [9.17, 15) is 10.0 Å². The summed E-state index contributed by atoms with van der Waals surface area (Å²) in [6.07, 6.45) is 9.29. The molecule has 1 unspecified atom stereocenters. The van der Waals surface area contributed by atoms with Gasteiger partial charge >= 0.3 is 0 Å². The summed E-state index contributed by atoms with van der Waals surface area (Å²) in [6, 6.07) is 15.3. The predicted molar refractivity (Wildman–Crippen MR) is 204 cm³/mol. The Morgan fingerprint density at radius 2 is 1.84 bits per heavy atom. The number of H-pyrrole nitrogens is 1. The van der Waals surface area contributed by atoms with Gasteiger partial charge in [-0.2, -0.15) is 0 Å². The van der Waals surface area contributed by atoms with E-state index in [0.717, 1.165) is 98.5 Å². The molecule has 270 valence electrons. The fourth-order valence-electron chi connectivity index (χ4n) is 7.33. The summed E-state index contributed by atoms with van der Waals surface area (Å²) in [5.41, 5.74) is 9.02. The number of anilines is 3. The molecule has 0 saturated carbocycles. The summed E-state index contributed by atoms with van der Waals surface area (Å²) < 4.78 is 14.9. The molecule has 0 radical (unpaired) electrons. The number of ether oxygens (including phenoxy) is 2. The second-order valence-electron chi connectivity index (χ2n) is 14.1. The van der Waals surface area contributed by atoms with Gasteiger partial charge in [-0.25, -0.2) is 4.98 Å². The largest absolute Gasteiger partial charge is 0.455 e. The van der Waals surface area contributed by atoms with Crippen LogP contribution in [0.25, 0.3) is 11.0 Å². The van der Waals surface area contributed by atoms with Crippen LogP contribution in [0.5, 0.6) is 11.5 Å². The van der Waals surface area contributed by atoms with Crippen molar-refractivity contribution in [3.05, 3.63) is 77.6 Å². The molecule has 11 nitrogen and oxygen atoms in total. The Hall–Kier alpha value is -4.23. The average molecular weight is 712 g/mol. The molecular weight excluding hydrogens is 663 g/mol. The molecule has 2 saturated heterocycles. The predicted octanol–water partition coefficient (Wildman–Crippen LogP) is 7.69. The lowest BCUT2D eigenvalue weighted by atomic mass is 9.85. The number of aromatic nitrogens is 2. The van der Waals surface area contributed by atoms with Crippen LogP contribution < -0.4 is 25.2 Å². The molecule has 1 amide bonds. The number of hydrogen-bond acceptors (Lipinski definition) is 10. The van der Waals surface area contributed by atoms with Gasteiger partial charge in [0.1, 0.15) is 17.1 Å². The Kier molecular flexibility index (Phi) is 11.3. The highest BCUT2D eigenvalue weighted by molar-refractivity contribution is 7.98. The van der Waals surface area contributed by atoms with Gasteiger partial charge in [0.15, 0.2) is 0 Å². The van der Waals surface area contributed by atoms with Crippen LogP contribution in [0, 0.1) is 11.8 Å². The summed E-state index contributed by atoms with van der Waals surface area (Å²) in [6.45, 7) is 12.0. The maximum Gasteiger partial charge on any atom is 0.265 e. The minimum Gasteiger partial charge on any atom is -0.455 e. The van der Waals surface area contributed by atoms with Crippen LogP contribution in [-0.2, 0) is 4.74 Å². The van der Waals surface area contributed by atoms with E-state index in [1.807, 2.05) is 54.7 Å². The molecule has 2 fully saturated rings. The van der Waals surface area contributed by atoms with E-state index in [-0.39, 0.29) is 5.91 Å². The molecule has 0 bridgehead atoms. The highest BCUT2D eigenvalue weighted by atomic mass is 32.2. The fourth-order valence-corrected chi connectivity index (χ4v) is 7.97. The minimum absolute atomic E-state index is 0.283. The molecule has 2 aromatic carbocycles. The van der Waals surface area contributed by atoms with Crippen molar-refractivity contribution in [2.75, 3.05) is 68.2 Å². The summed E-state index contributed by atoms with van der Waals surface area (Å²) in [7, 11) is 0. The number of aromatic amines is 1. The first-order valence-electron chi connectivity index (χ1n) is 18.1. The van der Waals surface area contributed by atoms with E-state index in [0.29, 0.717) is 28.7 Å². The number of nitrogens with zero attached hydrogens (tertiary/aromatic N) is 3. The van der Waals surface area contributed by atoms with E-state index in [2.05, 4.69) is 49.1 Å². The Balaban J connectivity index is 1.03. The minimum atomic E-state index is -0.283. The van der Waals surface area contributed by atoms with E-state index in [1.54, 1.807) is 17.3 Å². The van der Waals surface area contributed by atoms with Gasteiger partial charge in [-0.1, -0.05) is 11.1 Å². The Morgan fingerprint density at radius 3 is 2.65 bits per heavy atom. The van der Waals surface area contributed by atoms with E-state index < -0.39 is 0 Å². The molecule has 4 heterocycles. The van der Waals surface area contributed by atoms with Crippen LogP contribution in [0.4, 0.5) is 17.1 Å². The molecule has 3 aliphatic rings. The van der Waals surface area contributed by atoms with Gasteiger partial charge in [0, 0.05) is 80.7 Å². The third-order valence-electron chi connectivity index (χ3n) is 10.6. The normalized spacial score (nSPS) is 19.0. The molecular formula is C39H49N7O4S. The maximum absolute atomic E-state index is 13.7. The van der Waals surface area contributed by atoms with Gasteiger partial charge < -0.3 is 24.7 Å². The molecule has 51 heavy (non-hydrogen) atoms.